The summed E-state index contributed by atoms with van der Waals surface area (Å²) in [4.78, 5) is 104. The van der Waals surface area contributed by atoms with Crippen molar-refractivity contribution in [2.24, 2.45) is 0 Å². The van der Waals surface area contributed by atoms with Crippen molar-refractivity contribution in [1.82, 2.24) is 9.96 Å². The number of hydroxylamine groups is 2. The van der Waals surface area contributed by atoms with Crippen molar-refractivity contribution in [2.45, 2.75) is 93.0 Å². The largest absolute Gasteiger partial charge is 0.493 e. The van der Waals surface area contributed by atoms with Gasteiger partial charge >= 0.3 is 5.97 Å². The number of fused-ring (bicyclic) bond motifs is 8. The number of benzene rings is 5. The minimum absolute atomic E-state index is 0.0356. The van der Waals surface area contributed by atoms with Gasteiger partial charge in [0.05, 0.1) is 93.5 Å². The number of carbonyl (C=O) groups is 7. The summed E-state index contributed by atoms with van der Waals surface area (Å²) in [7, 11) is -0.309. The van der Waals surface area contributed by atoms with Crippen LogP contribution in [0, 0.1) is 0 Å². The van der Waals surface area contributed by atoms with E-state index < -0.39 is 73.5 Å². The Balaban J connectivity index is 0.891. The van der Waals surface area contributed by atoms with E-state index in [9.17, 15) is 46.5 Å². The van der Waals surface area contributed by atoms with Crippen molar-refractivity contribution in [3.8, 4) is 23.0 Å². The van der Waals surface area contributed by atoms with Crippen molar-refractivity contribution in [1.29, 1.82) is 0 Å². The zero-order valence-corrected chi connectivity index (χ0v) is 52.6. The minimum Gasteiger partial charge on any atom is -0.493 e. The fourth-order valence-corrected chi connectivity index (χ4v) is 14.7. The summed E-state index contributed by atoms with van der Waals surface area (Å²) >= 11 is 1.29. The third kappa shape index (κ3) is 13.9. The molecule has 0 radical (unpaired) electrons. The Morgan fingerprint density at radius 3 is 1.91 bits per heavy atom. The number of nitrogens with zero attached hydrogens (tertiary/aromatic N) is 5. The van der Waals surface area contributed by atoms with Gasteiger partial charge in [0.25, 0.3) is 33.7 Å². The second kappa shape index (κ2) is 27.2. The average Bonchev–Trinajstić information content (AvgIpc) is 1.63. The average molecular weight is 1290 g/mol. The second-order valence-electron chi connectivity index (χ2n) is 23.3. The first kappa shape index (κ1) is 64.1. The third-order valence-electron chi connectivity index (χ3n) is 16.6. The van der Waals surface area contributed by atoms with Gasteiger partial charge in [0.15, 0.2) is 28.4 Å². The number of thioether (sulfide) groups is 1. The van der Waals surface area contributed by atoms with E-state index in [1.165, 1.54) is 43.0 Å². The summed E-state index contributed by atoms with van der Waals surface area (Å²) in [5.41, 5.74) is 6.32. The van der Waals surface area contributed by atoms with Gasteiger partial charge in [-0.2, -0.15) is 8.42 Å². The predicted octanol–water partition coefficient (Wildman–Crippen LogP) is 6.19. The lowest BCUT2D eigenvalue weighted by molar-refractivity contribution is -0.197. The molecular formula is C64H71N7O18S2. The van der Waals surface area contributed by atoms with E-state index in [1.807, 2.05) is 67.3 Å². The molecule has 0 aliphatic carbocycles. The van der Waals surface area contributed by atoms with Crippen LogP contribution in [0.1, 0.15) is 82.5 Å². The lowest BCUT2D eigenvalue weighted by Crippen LogP contribution is -2.49. The fourth-order valence-electron chi connectivity index (χ4n) is 12.3. The van der Waals surface area contributed by atoms with E-state index in [0.717, 1.165) is 21.7 Å². The van der Waals surface area contributed by atoms with E-state index in [1.54, 1.807) is 37.4 Å². The van der Waals surface area contributed by atoms with Crippen molar-refractivity contribution in [2.75, 3.05) is 106 Å². The number of hydrogen-bond donors (Lipinski definition) is 3. The van der Waals surface area contributed by atoms with Crippen LogP contribution in [-0.2, 0) is 79.2 Å². The lowest BCUT2D eigenvalue weighted by atomic mass is 10.1. The molecular weight excluding hydrogens is 1220 g/mol. The first-order valence-electron chi connectivity index (χ1n) is 29.8. The Labute approximate surface area is 530 Å². The molecule has 25 nitrogen and oxygen atoms in total. The molecule has 6 aliphatic heterocycles. The number of likely N-dealkylation sites (tertiary alicyclic amines) is 1. The van der Waals surface area contributed by atoms with Crippen LogP contribution in [0.4, 0.5) is 28.4 Å². The molecule has 91 heavy (non-hydrogen) atoms. The number of hydrogen-bond acceptors (Lipinski definition) is 21. The number of carbonyl (C=O) groups excluding carboxylic acids is 7. The summed E-state index contributed by atoms with van der Waals surface area (Å²) in [5.74, 6) is -2.96. The summed E-state index contributed by atoms with van der Waals surface area (Å²) < 4.78 is 78.1. The summed E-state index contributed by atoms with van der Waals surface area (Å²) in [5, 5.41) is 4.42. The molecule has 3 N–H and O–H groups in total. The van der Waals surface area contributed by atoms with Crippen LogP contribution in [0.15, 0.2) is 91.0 Å². The maximum atomic E-state index is 14.5. The van der Waals surface area contributed by atoms with Crippen molar-refractivity contribution < 1.29 is 84.5 Å². The minimum atomic E-state index is -4.81. The van der Waals surface area contributed by atoms with Gasteiger partial charge in [0.2, 0.25) is 11.8 Å². The van der Waals surface area contributed by atoms with Gasteiger partial charge in [0.1, 0.15) is 13.2 Å². The molecule has 6 amide bonds. The molecule has 2 saturated heterocycles. The molecule has 5 aromatic rings. The summed E-state index contributed by atoms with van der Waals surface area (Å²) in [6.45, 7) is 6.06. The zero-order chi connectivity index (χ0) is 64.3. The molecule has 4 atom stereocenters. The Kier molecular flexibility index (Phi) is 19.1. The second-order valence-corrected chi connectivity index (χ2v) is 26.7. The van der Waals surface area contributed by atoms with Crippen LogP contribution < -0.4 is 44.3 Å². The van der Waals surface area contributed by atoms with Crippen LogP contribution in [0.25, 0.3) is 0 Å². The van der Waals surface area contributed by atoms with Gasteiger partial charge in [-0.1, -0.05) is 36.4 Å². The van der Waals surface area contributed by atoms with Crippen LogP contribution in [0.5, 0.6) is 23.0 Å². The topological polar surface area (TPSA) is 288 Å². The van der Waals surface area contributed by atoms with E-state index in [-0.39, 0.29) is 99.9 Å². The normalized spacial score (nSPS) is 19.2. The molecule has 27 heteroatoms. The molecule has 0 saturated carbocycles. The van der Waals surface area contributed by atoms with Gasteiger partial charge in [-0.25, -0.2) is 4.79 Å². The van der Waals surface area contributed by atoms with Crippen LogP contribution in [0.3, 0.4) is 0 Å². The highest BCUT2D eigenvalue weighted by Gasteiger charge is 2.48. The number of nitrogens with one attached hydrogen (secondary N) is 2. The van der Waals surface area contributed by atoms with Gasteiger partial charge in [-0.15, -0.1) is 16.8 Å². The van der Waals surface area contributed by atoms with Crippen LogP contribution in [0.2, 0.25) is 0 Å². The Hall–Kier alpha value is -8.47. The van der Waals surface area contributed by atoms with Gasteiger partial charge < -0.3 is 63.3 Å². The maximum Gasteiger partial charge on any atom is 0.335 e. The Morgan fingerprint density at radius 2 is 1.27 bits per heavy atom. The highest BCUT2D eigenvalue weighted by atomic mass is 32.2. The smallest absolute Gasteiger partial charge is 0.335 e. The Bertz CT molecular complexity index is 3780. The molecule has 0 aromatic heterocycles. The quantitative estimate of drug-likeness (QED) is 0.0300. The van der Waals surface area contributed by atoms with Crippen molar-refractivity contribution in [3.63, 3.8) is 0 Å². The molecule has 6 heterocycles. The summed E-state index contributed by atoms with van der Waals surface area (Å²) in [6.07, 6.45) is 0.100. The van der Waals surface area contributed by atoms with Gasteiger partial charge in [-0.05, 0) is 91.4 Å². The zero-order valence-electron chi connectivity index (χ0n) is 50.9. The fraction of sp³-hybridized carbons (Fsp3) is 0.422. The first-order valence-corrected chi connectivity index (χ1v) is 32.2. The van der Waals surface area contributed by atoms with Crippen LogP contribution >= 0.6 is 11.8 Å². The molecule has 6 aliphatic rings. The van der Waals surface area contributed by atoms with E-state index in [0.29, 0.717) is 89.6 Å². The van der Waals surface area contributed by atoms with Gasteiger partial charge in [0, 0.05) is 86.5 Å². The van der Waals surface area contributed by atoms with Crippen molar-refractivity contribution >= 4 is 91.7 Å². The highest BCUT2D eigenvalue weighted by Crippen LogP contribution is 2.45. The molecule has 482 valence electrons. The van der Waals surface area contributed by atoms with E-state index in [4.69, 9.17) is 38.0 Å². The molecule has 5 aromatic carbocycles. The van der Waals surface area contributed by atoms with Crippen molar-refractivity contribution in [3.05, 3.63) is 124 Å². The number of imide groups is 2. The summed E-state index contributed by atoms with van der Waals surface area (Å²) in [6, 6.07) is 26.0. The molecule has 2 unspecified atom stereocenters. The number of ether oxygens (including phenoxy) is 7. The standard InChI is InChI=1S/C64H71N7O18S2/c1-64(2,90-55-33-58(74)68(63(55)78)17-16-59(75)89-71-56(72)14-15-57(71)73)37-67(18-19-85-22-23-86-21-20-82-3)42-25-38(35-87-53-31-46-44(29-51(53)83-4)61(76)69-43(34-65-46)27-40-10-6-8-12-48(40)69)24-39(26-42)36-88-54-32-47-45(30-52(54)84-5)62(77)70-49-13-9-7-11-41(49)28-50(70)60(66-47)91(79,80)81/h6-13,24-26,29-32,43,50,55,60,65-66H,14-23,27-28,33-37H2,1-5H3,(H,79,80,81)/t43-,50-,55?,60?/m0/s1. The van der Waals surface area contributed by atoms with Crippen LogP contribution in [-0.4, -0.2) is 172 Å². The van der Waals surface area contributed by atoms with Gasteiger partial charge in [-0.3, -0.25) is 38.2 Å². The SMILES string of the molecule is COCCOCCOCCN(CC(C)(C)SC1CC(=O)N(CCC(=O)ON2C(=O)CCC2=O)C1=O)c1cc(COc2cc3c(cc2OC)C(=O)N2c4ccccc4C[C@H]2CN3)cc(COc2cc3c(cc2OC)C(=O)N2c4ccccc4C[C@H]2C(S(=O)(=O)O)N3)c1. The molecule has 11 rings (SSSR count). The predicted molar refractivity (Wildman–Crippen MR) is 334 cm³/mol. The van der Waals surface area contributed by atoms with E-state index >= 15 is 0 Å². The number of para-hydroxylation sites is 2. The van der Waals surface area contributed by atoms with E-state index in [2.05, 4.69) is 15.5 Å². The Morgan fingerprint density at radius 1 is 0.692 bits per heavy atom. The molecule has 2 fully saturated rings. The monoisotopic (exact) mass is 1290 g/mol. The molecule has 0 spiro atoms. The maximum absolute atomic E-state index is 14.5. The number of methoxy groups -OCH3 is 3. The number of rotatable bonds is 27. The molecule has 0 bridgehead atoms. The lowest BCUT2D eigenvalue weighted by Gasteiger charge is -2.35. The number of anilines is 5. The number of amides is 6. The first-order chi connectivity index (χ1) is 43.7. The third-order valence-corrected chi connectivity index (χ3v) is 19.1. The highest BCUT2D eigenvalue weighted by molar-refractivity contribution is 8.02.